The van der Waals surface area contributed by atoms with Crippen LogP contribution < -0.4 is 10.6 Å². The molecule has 5 nitrogen and oxygen atoms in total. The van der Waals surface area contributed by atoms with E-state index < -0.39 is 11.9 Å². The van der Waals surface area contributed by atoms with Gasteiger partial charge in [0.2, 0.25) is 0 Å². The number of nitrogens with one attached hydrogen (secondary N) is 2. The van der Waals surface area contributed by atoms with E-state index in [0.717, 1.165) is 19.4 Å². The number of anilines is 2. The fourth-order valence-electron chi connectivity index (χ4n) is 2.17. The first-order valence-corrected chi connectivity index (χ1v) is 8.54. The lowest BCUT2D eigenvalue weighted by Crippen LogP contribution is -2.21. The van der Waals surface area contributed by atoms with Crippen LogP contribution in [0, 0.1) is 0 Å². The molecule has 0 saturated heterocycles. The van der Waals surface area contributed by atoms with E-state index in [4.69, 9.17) is 16.3 Å². The smallest absolute Gasteiger partial charge is 0.340 e. The topological polar surface area (TPSA) is 67.4 Å². The maximum atomic E-state index is 12.3. The summed E-state index contributed by atoms with van der Waals surface area (Å²) in [7, 11) is 0. The van der Waals surface area contributed by atoms with Gasteiger partial charge in [-0.05, 0) is 30.7 Å². The van der Waals surface area contributed by atoms with Crippen molar-refractivity contribution in [1.29, 1.82) is 0 Å². The highest BCUT2D eigenvalue weighted by Crippen LogP contribution is 2.20. The largest absolute Gasteiger partial charge is 0.452 e. The van der Waals surface area contributed by atoms with Gasteiger partial charge in [0.25, 0.3) is 5.91 Å². The second-order valence-corrected chi connectivity index (χ2v) is 5.84. The quantitative estimate of drug-likeness (QED) is 0.542. The number of halogens is 1. The van der Waals surface area contributed by atoms with Gasteiger partial charge in [-0.1, -0.05) is 49.2 Å². The highest BCUT2D eigenvalue weighted by Gasteiger charge is 2.14. The van der Waals surface area contributed by atoms with Crippen molar-refractivity contribution in [3.05, 3.63) is 59.1 Å². The van der Waals surface area contributed by atoms with Gasteiger partial charge in [0, 0.05) is 12.2 Å². The normalized spacial score (nSPS) is 10.2. The summed E-state index contributed by atoms with van der Waals surface area (Å²) >= 11 is 5.98. The van der Waals surface area contributed by atoms with Crippen LogP contribution in [0.2, 0.25) is 5.02 Å². The van der Waals surface area contributed by atoms with Gasteiger partial charge in [0.05, 0.1) is 16.3 Å². The molecule has 0 saturated carbocycles. The van der Waals surface area contributed by atoms with E-state index in [2.05, 4.69) is 17.6 Å². The van der Waals surface area contributed by atoms with Crippen LogP contribution in [-0.4, -0.2) is 25.0 Å². The number of ether oxygens (including phenoxy) is 1. The zero-order valence-corrected chi connectivity index (χ0v) is 14.8. The molecule has 0 bridgehead atoms. The molecule has 0 atom stereocenters. The Morgan fingerprint density at radius 3 is 2.44 bits per heavy atom. The van der Waals surface area contributed by atoms with Crippen LogP contribution in [0.15, 0.2) is 48.5 Å². The molecule has 1 amide bonds. The summed E-state index contributed by atoms with van der Waals surface area (Å²) in [6.07, 6.45) is 2.06. The number of carbonyl (C=O) groups is 2. The van der Waals surface area contributed by atoms with Crippen LogP contribution in [-0.2, 0) is 9.53 Å². The highest BCUT2D eigenvalue weighted by atomic mass is 35.5. The molecule has 0 unspecified atom stereocenters. The van der Waals surface area contributed by atoms with Gasteiger partial charge in [-0.3, -0.25) is 4.79 Å². The van der Waals surface area contributed by atoms with E-state index in [1.807, 2.05) is 12.1 Å². The summed E-state index contributed by atoms with van der Waals surface area (Å²) in [5.74, 6) is -0.994. The summed E-state index contributed by atoms with van der Waals surface area (Å²) < 4.78 is 5.11. The number of esters is 1. The minimum atomic E-state index is -0.547. The molecule has 2 aromatic carbocycles. The fraction of sp³-hybridized carbons (Fsp3) is 0.263. The zero-order chi connectivity index (χ0) is 18.1. The van der Waals surface area contributed by atoms with Crippen molar-refractivity contribution < 1.29 is 14.3 Å². The number of amides is 1. The third-order valence-electron chi connectivity index (χ3n) is 3.48. The molecule has 0 aliphatic rings. The van der Waals surface area contributed by atoms with E-state index in [0.29, 0.717) is 22.0 Å². The second-order valence-electron chi connectivity index (χ2n) is 5.43. The maximum Gasteiger partial charge on any atom is 0.340 e. The molecule has 0 aliphatic heterocycles. The van der Waals surface area contributed by atoms with E-state index in [9.17, 15) is 9.59 Å². The van der Waals surface area contributed by atoms with Gasteiger partial charge in [-0.25, -0.2) is 4.79 Å². The van der Waals surface area contributed by atoms with Crippen molar-refractivity contribution in [2.24, 2.45) is 0 Å². The van der Waals surface area contributed by atoms with Gasteiger partial charge in [-0.2, -0.15) is 0 Å². The molecule has 0 spiro atoms. The molecule has 0 aromatic heterocycles. The minimum absolute atomic E-state index is 0.382. The second kappa shape index (κ2) is 9.69. The summed E-state index contributed by atoms with van der Waals surface area (Å²) in [4.78, 5) is 24.2. The van der Waals surface area contributed by atoms with Gasteiger partial charge < -0.3 is 15.4 Å². The average molecular weight is 361 g/mol. The molecular weight excluding hydrogens is 340 g/mol. The standard InChI is InChI=1S/C19H21ClN2O3/c1-2-3-12-21-16-10-6-4-8-14(16)19(24)25-13-18(23)22-17-11-7-5-9-15(17)20/h4-11,21H,2-3,12-13H2,1H3,(H,22,23). The Balaban J connectivity index is 1.91. The first-order valence-electron chi connectivity index (χ1n) is 8.16. The molecule has 2 rings (SSSR count). The predicted molar refractivity (Wildman–Crippen MR) is 100 cm³/mol. The minimum Gasteiger partial charge on any atom is -0.452 e. The van der Waals surface area contributed by atoms with Crippen molar-refractivity contribution in [3.8, 4) is 0 Å². The van der Waals surface area contributed by atoms with Crippen LogP contribution in [0.25, 0.3) is 0 Å². The third kappa shape index (κ3) is 5.80. The summed E-state index contributed by atoms with van der Waals surface area (Å²) in [6.45, 7) is 2.49. The molecule has 132 valence electrons. The van der Waals surface area contributed by atoms with Crippen LogP contribution in [0.3, 0.4) is 0 Å². The Bertz CT molecular complexity index is 734. The lowest BCUT2D eigenvalue weighted by Gasteiger charge is -2.12. The van der Waals surface area contributed by atoms with Gasteiger partial charge in [0.15, 0.2) is 6.61 Å². The molecule has 2 N–H and O–H groups in total. The van der Waals surface area contributed by atoms with Gasteiger partial charge in [-0.15, -0.1) is 0 Å². The van der Waals surface area contributed by atoms with Gasteiger partial charge in [0.1, 0.15) is 0 Å². The molecule has 6 heteroatoms. The van der Waals surface area contributed by atoms with Gasteiger partial charge >= 0.3 is 5.97 Å². The maximum absolute atomic E-state index is 12.3. The summed E-state index contributed by atoms with van der Waals surface area (Å²) in [5.41, 5.74) is 1.59. The lowest BCUT2D eigenvalue weighted by molar-refractivity contribution is -0.119. The van der Waals surface area contributed by atoms with Crippen molar-refractivity contribution in [2.45, 2.75) is 19.8 Å². The Morgan fingerprint density at radius 1 is 1.04 bits per heavy atom. The average Bonchev–Trinajstić information content (AvgIpc) is 2.62. The van der Waals surface area contributed by atoms with Crippen molar-refractivity contribution in [1.82, 2.24) is 0 Å². The number of benzene rings is 2. The van der Waals surface area contributed by atoms with Crippen molar-refractivity contribution in [2.75, 3.05) is 23.8 Å². The number of hydrogen-bond acceptors (Lipinski definition) is 4. The Hall–Kier alpha value is -2.53. The van der Waals surface area contributed by atoms with Crippen LogP contribution >= 0.6 is 11.6 Å². The van der Waals surface area contributed by atoms with E-state index in [1.165, 1.54) is 0 Å². The van der Waals surface area contributed by atoms with E-state index >= 15 is 0 Å². The fourth-order valence-corrected chi connectivity index (χ4v) is 2.36. The number of rotatable bonds is 8. The predicted octanol–water partition coefficient (Wildman–Crippen LogP) is 4.35. The molecule has 0 heterocycles. The van der Waals surface area contributed by atoms with Crippen molar-refractivity contribution in [3.63, 3.8) is 0 Å². The highest BCUT2D eigenvalue weighted by molar-refractivity contribution is 6.33. The van der Waals surface area contributed by atoms with Crippen molar-refractivity contribution >= 4 is 34.9 Å². The van der Waals surface area contributed by atoms with Crippen LogP contribution in [0.5, 0.6) is 0 Å². The first-order chi connectivity index (χ1) is 12.1. The Labute approximate surface area is 152 Å². The molecule has 0 aliphatic carbocycles. The monoisotopic (exact) mass is 360 g/mol. The third-order valence-corrected chi connectivity index (χ3v) is 3.80. The number of hydrogen-bond donors (Lipinski definition) is 2. The molecule has 0 fully saturated rings. The molecule has 2 aromatic rings. The SMILES string of the molecule is CCCCNc1ccccc1C(=O)OCC(=O)Nc1ccccc1Cl. The van der Waals surface area contributed by atoms with Crippen LogP contribution in [0.1, 0.15) is 30.1 Å². The van der Waals surface area contributed by atoms with E-state index in [-0.39, 0.29) is 6.61 Å². The molecule has 25 heavy (non-hydrogen) atoms. The Kier molecular flexibility index (Phi) is 7.29. The number of unbranched alkanes of at least 4 members (excludes halogenated alkanes) is 1. The lowest BCUT2D eigenvalue weighted by atomic mass is 10.1. The number of carbonyl (C=O) groups excluding carboxylic acids is 2. The first kappa shape index (κ1) is 18.8. The summed E-state index contributed by atoms with van der Waals surface area (Å²) in [6, 6.07) is 13.9. The molecule has 0 radical (unpaired) electrons. The van der Waals surface area contributed by atoms with E-state index in [1.54, 1.807) is 36.4 Å². The summed E-state index contributed by atoms with van der Waals surface area (Å²) in [5, 5.41) is 6.24. The Morgan fingerprint density at radius 2 is 1.72 bits per heavy atom. The number of para-hydroxylation sites is 2. The molecular formula is C19H21ClN2O3. The zero-order valence-electron chi connectivity index (χ0n) is 14.0. The van der Waals surface area contributed by atoms with Crippen LogP contribution in [0.4, 0.5) is 11.4 Å².